The molecule has 0 fully saturated rings. The van der Waals surface area contributed by atoms with Crippen molar-refractivity contribution in [1.82, 2.24) is 0 Å². The number of hydrogen-bond donors (Lipinski definition) is 0. The molecular weight excluding hydrogens is 387 g/mol. The number of rotatable bonds is 4. The average molecular weight is 400 g/mol. The lowest BCUT2D eigenvalue weighted by Gasteiger charge is -2.26. The number of carbonyl (C=O) groups is 1. The third-order valence-corrected chi connectivity index (χ3v) is 4.85. The highest BCUT2D eigenvalue weighted by molar-refractivity contribution is 7.87. The number of halogens is 5. The molecule has 0 N–H and O–H groups in total. The minimum absolute atomic E-state index is 0.0593. The molecule has 26 heavy (non-hydrogen) atoms. The van der Waals surface area contributed by atoms with E-state index < -0.39 is 56.9 Å². The molecule has 144 valence electrons. The number of allylic oxidation sites excluding steroid dienone is 1. The molecule has 0 aromatic heterocycles. The van der Waals surface area contributed by atoms with Crippen molar-refractivity contribution in [1.29, 1.82) is 0 Å². The van der Waals surface area contributed by atoms with Crippen molar-refractivity contribution in [3.8, 4) is 0 Å². The van der Waals surface area contributed by atoms with Gasteiger partial charge in [0.05, 0.1) is 12.7 Å². The van der Waals surface area contributed by atoms with Crippen molar-refractivity contribution < 1.29 is 44.1 Å². The van der Waals surface area contributed by atoms with Gasteiger partial charge in [0, 0.05) is 6.42 Å². The maximum absolute atomic E-state index is 13.9. The molecule has 0 heterocycles. The van der Waals surface area contributed by atoms with E-state index in [0.29, 0.717) is 0 Å². The molecule has 5 nitrogen and oxygen atoms in total. The van der Waals surface area contributed by atoms with E-state index >= 15 is 0 Å². The Balaban J connectivity index is 2.43. The summed E-state index contributed by atoms with van der Waals surface area (Å²) in [6, 6.07) is 3.30. The SMILES string of the molecule is COC(=O)C1=C(OS(=O)(=O)C(F)(F)F)CC(c2cccc(F)c2F)CC1. The quantitative estimate of drug-likeness (QED) is 0.335. The van der Waals surface area contributed by atoms with Crippen LogP contribution in [-0.2, 0) is 23.8 Å². The molecule has 1 aliphatic rings. The summed E-state index contributed by atoms with van der Waals surface area (Å²) in [6.07, 6.45) is -0.708. The van der Waals surface area contributed by atoms with Gasteiger partial charge < -0.3 is 8.92 Å². The third kappa shape index (κ3) is 3.97. The van der Waals surface area contributed by atoms with Gasteiger partial charge in [0.15, 0.2) is 11.6 Å². The van der Waals surface area contributed by atoms with Gasteiger partial charge in [-0.05, 0) is 30.4 Å². The van der Waals surface area contributed by atoms with Crippen LogP contribution in [0.3, 0.4) is 0 Å². The van der Waals surface area contributed by atoms with Crippen LogP contribution in [0.5, 0.6) is 0 Å². The fourth-order valence-electron chi connectivity index (χ4n) is 2.61. The zero-order valence-corrected chi connectivity index (χ0v) is 14.1. The number of alkyl halides is 3. The van der Waals surface area contributed by atoms with E-state index in [1.165, 1.54) is 12.1 Å². The van der Waals surface area contributed by atoms with Gasteiger partial charge in [0.1, 0.15) is 5.76 Å². The van der Waals surface area contributed by atoms with Crippen molar-refractivity contribution >= 4 is 16.1 Å². The van der Waals surface area contributed by atoms with Crippen LogP contribution >= 0.6 is 0 Å². The number of hydrogen-bond acceptors (Lipinski definition) is 5. The molecule has 0 radical (unpaired) electrons. The van der Waals surface area contributed by atoms with Gasteiger partial charge >= 0.3 is 21.6 Å². The minimum atomic E-state index is -6.03. The van der Waals surface area contributed by atoms with Gasteiger partial charge in [-0.3, -0.25) is 0 Å². The predicted octanol–water partition coefficient (Wildman–Crippen LogP) is 3.53. The van der Waals surface area contributed by atoms with Gasteiger partial charge in [0.25, 0.3) is 0 Å². The molecule has 0 saturated heterocycles. The molecule has 1 aromatic carbocycles. The topological polar surface area (TPSA) is 69.7 Å². The zero-order valence-electron chi connectivity index (χ0n) is 13.3. The third-order valence-electron chi connectivity index (χ3n) is 3.86. The van der Waals surface area contributed by atoms with Crippen LogP contribution in [0.15, 0.2) is 29.5 Å². The second kappa shape index (κ2) is 7.22. The molecule has 0 saturated carbocycles. The predicted molar refractivity (Wildman–Crippen MR) is 78.1 cm³/mol. The first kappa shape index (κ1) is 20.1. The van der Waals surface area contributed by atoms with E-state index in [1.807, 2.05) is 0 Å². The summed E-state index contributed by atoms with van der Waals surface area (Å²) in [5, 5.41) is 0. The standard InChI is InChI=1S/C15H13F5O5S/c1-24-14(21)10-6-5-8(9-3-2-4-11(16)13(9)17)7-12(10)25-26(22,23)15(18,19)20/h2-4,8H,5-7H2,1H3. The van der Waals surface area contributed by atoms with Crippen molar-refractivity contribution in [2.45, 2.75) is 30.7 Å². The largest absolute Gasteiger partial charge is 0.534 e. The summed E-state index contributed by atoms with van der Waals surface area (Å²) < 4.78 is 96.1. The molecule has 0 bridgehead atoms. The summed E-state index contributed by atoms with van der Waals surface area (Å²) in [4.78, 5) is 11.7. The Labute approximate surface area is 145 Å². The second-order valence-corrected chi connectivity index (χ2v) is 7.00. The maximum Gasteiger partial charge on any atom is 0.534 e. The Morgan fingerprint density at radius 3 is 2.46 bits per heavy atom. The molecule has 1 atom stereocenters. The van der Waals surface area contributed by atoms with E-state index in [9.17, 15) is 35.2 Å². The van der Waals surface area contributed by atoms with Crippen molar-refractivity contribution in [2.24, 2.45) is 0 Å². The first-order valence-electron chi connectivity index (χ1n) is 7.23. The molecular formula is C15H13F5O5S. The summed E-state index contributed by atoms with van der Waals surface area (Å²) in [5.41, 5.74) is -6.26. The highest BCUT2D eigenvalue weighted by Crippen LogP contribution is 2.40. The van der Waals surface area contributed by atoms with E-state index in [1.54, 1.807) is 0 Å². The number of methoxy groups -OCH3 is 1. The smallest absolute Gasteiger partial charge is 0.466 e. The van der Waals surface area contributed by atoms with Gasteiger partial charge in [-0.1, -0.05) is 12.1 Å². The second-order valence-electron chi connectivity index (χ2n) is 5.46. The minimum Gasteiger partial charge on any atom is -0.466 e. The Hall–Kier alpha value is -2.17. The fourth-order valence-corrected chi connectivity index (χ4v) is 3.14. The maximum atomic E-state index is 13.9. The molecule has 1 aliphatic carbocycles. The Morgan fingerprint density at radius 2 is 1.88 bits per heavy atom. The Morgan fingerprint density at radius 1 is 1.23 bits per heavy atom. The van der Waals surface area contributed by atoms with E-state index in [0.717, 1.165) is 13.2 Å². The molecule has 1 unspecified atom stereocenters. The Bertz CT molecular complexity index is 844. The van der Waals surface area contributed by atoms with Gasteiger partial charge in [-0.15, -0.1) is 0 Å². The summed E-state index contributed by atoms with van der Waals surface area (Å²) in [5.74, 6) is -5.09. The number of benzene rings is 1. The molecule has 11 heteroatoms. The lowest BCUT2D eigenvalue weighted by Crippen LogP contribution is -2.28. The van der Waals surface area contributed by atoms with Gasteiger partial charge in [0.2, 0.25) is 0 Å². The monoisotopic (exact) mass is 400 g/mol. The van der Waals surface area contributed by atoms with Crippen LogP contribution < -0.4 is 0 Å². The highest BCUT2D eigenvalue weighted by Gasteiger charge is 2.49. The average Bonchev–Trinajstić information content (AvgIpc) is 2.55. The van der Waals surface area contributed by atoms with Crippen LogP contribution in [0, 0.1) is 11.6 Å². The molecule has 1 aromatic rings. The number of ether oxygens (including phenoxy) is 1. The molecule has 0 amide bonds. The lowest BCUT2D eigenvalue weighted by molar-refractivity contribution is -0.136. The Kier molecular flexibility index (Phi) is 5.59. The van der Waals surface area contributed by atoms with E-state index in [-0.39, 0.29) is 18.4 Å². The van der Waals surface area contributed by atoms with Crippen molar-refractivity contribution in [2.75, 3.05) is 7.11 Å². The van der Waals surface area contributed by atoms with Crippen molar-refractivity contribution in [3.05, 3.63) is 46.7 Å². The van der Waals surface area contributed by atoms with Crippen LogP contribution in [0.4, 0.5) is 22.0 Å². The van der Waals surface area contributed by atoms with Gasteiger partial charge in [-0.25, -0.2) is 13.6 Å². The number of esters is 1. The zero-order chi connectivity index (χ0) is 19.7. The van der Waals surface area contributed by atoms with Gasteiger partial charge in [-0.2, -0.15) is 21.6 Å². The van der Waals surface area contributed by atoms with E-state index in [4.69, 9.17) is 0 Å². The molecule has 2 rings (SSSR count). The first-order chi connectivity index (χ1) is 12.0. The fraction of sp³-hybridized carbons (Fsp3) is 0.400. The van der Waals surface area contributed by atoms with Crippen LogP contribution in [0.2, 0.25) is 0 Å². The summed E-state index contributed by atoms with van der Waals surface area (Å²) in [6.45, 7) is 0. The van der Waals surface area contributed by atoms with Crippen LogP contribution in [0.1, 0.15) is 30.7 Å². The van der Waals surface area contributed by atoms with E-state index in [2.05, 4.69) is 8.92 Å². The first-order valence-corrected chi connectivity index (χ1v) is 8.63. The highest BCUT2D eigenvalue weighted by atomic mass is 32.2. The lowest BCUT2D eigenvalue weighted by atomic mass is 9.83. The normalized spacial score (nSPS) is 18.6. The van der Waals surface area contributed by atoms with Crippen LogP contribution in [0.25, 0.3) is 0 Å². The molecule has 0 spiro atoms. The van der Waals surface area contributed by atoms with Crippen LogP contribution in [-0.4, -0.2) is 27.0 Å². The number of carbonyl (C=O) groups excluding carboxylic acids is 1. The summed E-state index contributed by atoms with van der Waals surface area (Å²) >= 11 is 0. The van der Waals surface area contributed by atoms with Crippen molar-refractivity contribution in [3.63, 3.8) is 0 Å². The molecule has 0 aliphatic heterocycles. The summed E-state index contributed by atoms with van der Waals surface area (Å²) in [7, 11) is -5.07.